The van der Waals surface area contributed by atoms with Gasteiger partial charge >= 0.3 is 5.97 Å². The number of hydrogen-bond donors (Lipinski definition) is 1. The van der Waals surface area contributed by atoms with Crippen LogP contribution in [0.4, 0.5) is 0 Å². The molecule has 0 aliphatic heterocycles. The first kappa shape index (κ1) is 12.3. The summed E-state index contributed by atoms with van der Waals surface area (Å²) in [4.78, 5) is 11.3. The molecule has 0 radical (unpaired) electrons. The third-order valence-corrected chi connectivity index (χ3v) is 2.55. The van der Waals surface area contributed by atoms with Crippen molar-refractivity contribution < 1.29 is 9.53 Å². The summed E-state index contributed by atoms with van der Waals surface area (Å²) in [6, 6.07) is 16.8. The minimum Gasteiger partial charge on any atom is -0.425 e. The summed E-state index contributed by atoms with van der Waals surface area (Å²) < 4.78 is 5.10. The van der Waals surface area contributed by atoms with Gasteiger partial charge in [0.25, 0.3) is 0 Å². The number of carbonyl (C=O) groups excluding carboxylic acids is 1. The first-order valence-electron chi connectivity index (χ1n) is 5.79. The van der Waals surface area contributed by atoms with Crippen LogP contribution < -0.4 is 10.5 Å². The quantitative estimate of drug-likeness (QED) is 0.663. The number of ether oxygens (including phenoxy) is 1. The Morgan fingerprint density at radius 1 is 1.00 bits per heavy atom. The molecule has 0 heterocycles. The molecule has 0 fully saturated rings. The molecular formula is C15H15NO2. The maximum atomic E-state index is 11.3. The van der Waals surface area contributed by atoms with Crippen LogP contribution in [0.25, 0.3) is 11.1 Å². The Balaban J connectivity index is 2.13. The van der Waals surface area contributed by atoms with Gasteiger partial charge in [0.2, 0.25) is 0 Å². The van der Waals surface area contributed by atoms with E-state index in [1.165, 1.54) is 0 Å². The van der Waals surface area contributed by atoms with E-state index in [9.17, 15) is 4.79 Å². The first-order chi connectivity index (χ1) is 8.66. The molecule has 3 heteroatoms. The molecule has 1 unspecified atom stereocenters. The Kier molecular flexibility index (Phi) is 3.75. The summed E-state index contributed by atoms with van der Waals surface area (Å²) in [7, 11) is 0. The summed E-state index contributed by atoms with van der Waals surface area (Å²) in [5, 5.41) is 0. The Hall–Kier alpha value is -2.13. The van der Waals surface area contributed by atoms with Crippen LogP contribution in [0, 0.1) is 0 Å². The summed E-state index contributed by atoms with van der Waals surface area (Å²) in [6.07, 6.45) is 0. The highest BCUT2D eigenvalue weighted by molar-refractivity contribution is 5.77. The number of hydrogen-bond acceptors (Lipinski definition) is 3. The Morgan fingerprint density at radius 3 is 2.11 bits per heavy atom. The summed E-state index contributed by atoms with van der Waals surface area (Å²) in [5.41, 5.74) is 7.64. The maximum absolute atomic E-state index is 11.3. The molecule has 18 heavy (non-hydrogen) atoms. The second-order valence-electron chi connectivity index (χ2n) is 4.10. The van der Waals surface area contributed by atoms with Crippen molar-refractivity contribution in [3.63, 3.8) is 0 Å². The highest BCUT2D eigenvalue weighted by atomic mass is 16.5. The zero-order chi connectivity index (χ0) is 13.0. The van der Waals surface area contributed by atoms with Gasteiger partial charge in [0.05, 0.1) is 0 Å². The molecule has 2 N–H and O–H groups in total. The first-order valence-corrected chi connectivity index (χ1v) is 5.79. The topological polar surface area (TPSA) is 52.3 Å². The number of rotatable bonds is 3. The van der Waals surface area contributed by atoms with E-state index in [1.807, 2.05) is 42.5 Å². The Morgan fingerprint density at radius 2 is 1.56 bits per heavy atom. The van der Waals surface area contributed by atoms with Crippen molar-refractivity contribution >= 4 is 5.97 Å². The number of nitrogens with two attached hydrogens (primary N) is 1. The highest BCUT2D eigenvalue weighted by Crippen LogP contribution is 2.22. The Labute approximate surface area is 106 Å². The van der Waals surface area contributed by atoms with Crippen LogP contribution in [0.2, 0.25) is 0 Å². The third kappa shape index (κ3) is 2.96. The van der Waals surface area contributed by atoms with Crippen molar-refractivity contribution in [2.75, 3.05) is 0 Å². The van der Waals surface area contributed by atoms with Crippen molar-refractivity contribution in [3.8, 4) is 16.9 Å². The molecule has 0 aliphatic carbocycles. The van der Waals surface area contributed by atoms with Gasteiger partial charge in [-0.3, -0.25) is 0 Å². The molecule has 2 aromatic rings. The molecule has 0 amide bonds. The van der Waals surface area contributed by atoms with Crippen molar-refractivity contribution in [3.05, 3.63) is 54.6 Å². The fraction of sp³-hybridized carbons (Fsp3) is 0.133. The SMILES string of the molecule is CC(N)C(=O)Oc1ccc(-c2ccccc2)cc1. The lowest BCUT2D eigenvalue weighted by molar-refractivity contribution is -0.135. The fourth-order valence-electron chi connectivity index (χ4n) is 1.56. The largest absolute Gasteiger partial charge is 0.425 e. The lowest BCUT2D eigenvalue weighted by atomic mass is 10.1. The standard InChI is InChI=1S/C15H15NO2/c1-11(16)15(17)18-14-9-7-13(8-10-14)12-5-3-2-4-6-12/h2-11H,16H2,1H3. The monoisotopic (exact) mass is 241 g/mol. The van der Waals surface area contributed by atoms with Gasteiger partial charge in [0, 0.05) is 0 Å². The van der Waals surface area contributed by atoms with Crippen LogP contribution in [-0.2, 0) is 4.79 Å². The summed E-state index contributed by atoms with van der Waals surface area (Å²) in [6.45, 7) is 1.60. The zero-order valence-corrected chi connectivity index (χ0v) is 10.2. The second kappa shape index (κ2) is 5.47. The van der Waals surface area contributed by atoms with Gasteiger partial charge in [-0.15, -0.1) is 0 Å². The van der Waals surface area contributed by atoms with Gasteiger partial charge in [-0.05, 0) is 30.2 Å². The molecule has 0 saturated heterocycles. The molecular weight excluding hydrogens is 226 g/mol. The lowest BCUT2D eigenvalue weighted by Gasteiger charge is -2.07. The molecule has 0 bridgehead atoms. The van der Waals surface area contributed by atoms with Crippen LogP contribution in [-0.4, -0.2) is 12.0 Å². The van der Waals surface area contributed by atoms with Crippen molar-refractivity contribution in [2.45, 2.75) is 13.0 Å². The van der Waals surface area contributed by atoms with Crippen molar-refractivity contribution in [1.82, 2.24) is 0 Å². The normalized spacial score (nSPS) is 11.9. The number of carbonyl (C=O) groups is 1. The average molecular weight is 241 g/mol. The highest BCUT2D eigenvalue weighted by Gasteiger charge is 2.09. The lowest BCUT2D eigenvalue weighted by Crippen LogP contribution is -2.30. The van der Waals surface area contributed by atoms with E-state index < -0.39 is 12.0 Å². The van der Waals surface area contributed by atoms with Gasteiger partial charge in [0.15, 0.2) is 0 Å². The molecule has 3 nitrogen and oxygen atoms in total. The molecule has 0 saturated carbocycles. The van der Waals surface area contributed by atoms with Gasteiger partial charge in [-0.2, -0.15) is 0 Å². The van der Waals surface area contributed by atoms with Crippen LogP contribution >= 0.6 is 0 Å². The van der Waals surface area contributed by atoms with Gasteiger partial charge < -0.3 is 10.5 Å². The second-order valence-corrected chi connectivity index (χ2v) is 4.10. The van der Waals surface area contributed by atoms with E-state index in [4.69, 9.17) is 10.5 Å². The van der Waals surface area contributed by atoms with E-state index >= 15 is 0 Å². The van der Waals surface area contributed by atoms with E-state index in [2.05, 4.69) is 0 Å². The van der Waals surface area contributed by atoms with Crippen molar-refractivity contribution in [1.29, 1.82) is 0 Å². The van der Waals surface area contributed by atoms with E-state index in [-0.39, 0.29) is 0 Å². The Bertz CT molecular complexity index is 518. The van der Waals surface area contributed by atoms with E-state index in [0.717, 1.165) is 11.1 Å². The smallest absolute Gasteiger partial charge is 0.328 e. The molecule has 2 rings (SSSR count). The number of esters is 1. The van der Waals surface area contributed by atoms with E-state index in [0.29, 0.717) is 5.75 Å². The predicted molar refractivity (Wildman–Crippen MR) is 71.2 cm³/mol. The molecule has 0 spiro atoms. The van der Waals surface area contributed by atoms with E-state index in [1.54, 1.807) is 19.1 Å². The summed E-state index contributed by atoms with van der Waals surface area (Å²) >= 11 is 0. The fourth-order valence-corrected chi connectivity index (χ4v) is 1.56. The number of benzene rings is 2. The van der Waals surface area contributed by atoms with Crippen LogP contribution in [0.1, 0.15) is 6.92 Å². The van der Waals surface area contributed by atoms with Crippen molar-refractivity contribution in [2.24, 2.45) is 5.73 Å². The molecule has 92 valence electrons. The summed E-state index contributed by atoms with van der Waals surface area (Å²) in [5.74, 6) is 0.0828. The van der Waals surface area contributed by atoms with Gasteiger partial charge in [-0.1, -0.05) is 42.5 Å². The third-order valence-electron chi connectivity index (χ3n) is 2.55. The molecule has 1 atom stereocenters. The van der Waals surface area contributed by atoms with Crippen LogP contribution in [0.3, 0.4) is 0 Å². The molecule has 0 aliphatic rings. The zero-order valence-electron chi connectivity index (χ0n) is 10.2. The van der Waals surface area contributed by atoms with Gasteiger partial charge in [0.1, 0.15) is 11.8 Å². The van der Waals surface area contributed by atoms with Gasteiger partial charge in [-0.25, -0.2) is 4.79 Å². The minimum atomic E-state index is -0.612. The van der Waals surface area contributed by atoms with Crippen LogP contribution in [0.15, 0.2) is 54.6 Å². The average Bonchev–Trinajstić information content (AvgIpc) is 2.40. The molecule has 2 aromatic carbocycles. The predicted octanol–water partition coefficient (Wildman–Crippen LogP) is 2.61. The van der Waals surface area contributed by atoms with Crippen LogP contribution in [0.5, 0.6) is 5.75 Å². The minimum absolute atomic E-state index is 0.428. The maximum Gasteiger partial charge on any atom is 0.328 e. The molecule has 0 aromatic heterocycles.